The zero-order chi connectivity index (χ0) is 19.9. The minimum atomic E-state index is -3.91. The highest BCUT2D eigenvalue weighted by Gasteiger charge is 2.28. The van der Waals surface area contributed by atoms with Crippen molar-refractivity contribution < 1.29 is 17.9 Å². The zero-order valence-electron chi connectivity index (χ0n) is 15.1. The van der Waals surface area contributed by atoms with Crippen LogP contribution in [0.5, 0.6) is 0 Å². The van der Waals surface area contributed by atoms with Crippen LogP contribution in [0.25, 0.3) is 10.9 Å². The number of rotatable bonds is 3. The molecule has 0 bridgehead atoms. The number of carbonyl (C=O) groups is 1. The zero-order valence-corrected chi connectivity index (χ0v) is 16.7. The lowest BCUT2D eigenvalue weighted by Crippen LogP contribution is -2.40. The van der Waals surface area contributed by atoms with Crippen molar-refractivity contribution in [1.29, 1.82) is 0 Å². The van der Waals surface area contributed by atoms with E-state index >= 15 is 0 Å². The number of hydrogen-bond acceptors (Lipinski definition) is 5. The number of H-pyrrole nitrogens is 1. The molecular weight excluding hydrogens is 402 g/mol. The Hall–Kier alpha value is -2.42. The number of aromatic amines is 1. The van der Waals surface area contributed by atoms with Gasteiger partial charge in [0.1, 0.15) is 0 Å². The molecule has 1 aromatic carbocycles. The van der Waals surface area contributed by atoms with Gasteiger partial charge < -0.3 is 14.6 Å². The predicted octanol–water partition coefficient (Wildman–Crippen LogP) is 2.83. The fraction of sp³-hybridized carbons (Fsp3) is 0.263. The molecule has 3 heterocycles. The minimum absolute atomic E-state index is 0.0494. The molecule has 1 fully saturated rings. The monoisotopic (exact) mass is 419 g/mol. The largest absolute Gasteiger partial charge is 0.378 e. The molecule has 0 saturated carbocycles. The van der Waals surface area contributed by atoms with Gasteiger partial charge >= 0.3 is 0 Å². The van der Waals surface area contributed by atoms with Crippen LogP contribution < -0.4 is 0 Å². The molecule has 28 heavy (non-hydrogen) atoms. The van der Waals surface area contributed by atoms with E-state index in [2.05, 4.69) is 9.97 Å². The van der Waals surface area contributed by atoms with Crippen LogP contribution >= 0.6 is 11.6 Å². The minimum Gasteiger partial charge on any atom is -0.378 e. The maximum atomic E-state index is 13.1. The molecule has 0 atom stereocenters. The first-order valence-corrected chi connectivity index (χ1v) is 10.6. The lowest BCUT2D eigenvalue weighted by Gasteiger charge is -2.27. The van der Waals surface area contributed by atoms with Crippen LogP contribution in [-0.2, 0) is 14.6 Å². The summed E-state index contributed by atoms with van der Waals surface area (Å²) >= 11 is 5.96. The molecule has 1 N–H and O–H groups in total. The van der Waals surface area contributed by atoms with Gasteiger partial charge in [0.05, 0.1) is 29.2 Å². The highest BCUT2D eigenvalue weighted by atomic mass is 35.5. The van der Waals surface area contributed by atoms with Gasteiger partial charge in [0.2, 0.25) is 9.84 Å². The van der Waals surface area contributed by atoms with Crippen LogP contribution in [0.1, 0.15) is 15.9 Å². The maximum Gasteiger partial charge on any atom is 0.256 e. The number of nitrogens with one attached hydrogen (secondary N) is 1. The Morgan fingerprint density at radius 3 is 2.75 bits per heavy atom. The van der Waals surface area contributed by atoms with Crippen LogP contribution in [0.15, 0.2) is 46.6 Å². The highest BCUT2D eigenvalue weighted by Crippen LogP contribution is 2.31. The van der Waals surface area contributed by atoms with Gasteiger partial charge in [-0.15, -0.1) is 0 Å². The lowest BCUT2D eigenvalue weighted by molar-refractivity contribution is 0.0304. The van der Waals surface area contributed by atoms with Crippen molar-refractivity contribution in [2.75, 3.05) is 26.3 Å². The van der Waals surface area contributed by atoms with Crippen molar-refractivity contribution in [1.82, 2.24) is 14.9 Å². The van der Waals surface area contributed by atoms with E-state index in [-0.39, 0.29) is 15.8 Å². The third-order valence-electron chi connectivity index (χ3n) is 4.76. The van der Waals surface area contributed by atoms with E-state index in [4.69, 9.17) is 16.3 Å². The quantitative estimate of drug-likeness (QED) is 0.704. The standard InChI is InChI=1S/C19H18ClN3O4S/c1-12-10-21-17-16(12)15(19(24)23-5-7-27-8-6-23)11-22-18(17)28(25,26)14-4-2-3-13(20)9-14/h2-4,9-11,21H,5-8H2,1H3. The van der Waals surface area contributed by atoms with E-state index in [0.717, 1.165) is 5.56 Å². The Morgan fingerprint density at radius 2 is 2.04 bits per heavy atom. The van der Waals surface area contributed by atoms with Crippen LogP contribution in [0.3, 0.4) is 0 Å². The number of amides is 1. The number of benzene rings is 1. The first-order chi connectivity index (χ1) is 13.4. The van der Waals surface area contributed by atoms with E-state index in [0.29, 0.717) is 47.8 Å². The number of nitrogens with zero attached hydrogens (tertiary/aromatic N) is 2. The smallest absolute Gasteiger partial charge is 0.256 e. The second-order valence-corrected chi connectivity index (χ2v) is 8.87. The van der Waals surface area contributed by atoms with Crippen molar-refractivity contribution in [3.8, 4) is 0 Å². The molecule has 2 aromatic heterocycles. The second-order valence-electron chi connectivity index (χ2n) is 6.56. The average Bonchev–Trinajstić information content (AvgIpc) is 3.09. The number of ether oxygens (including phenoxy) is 1. The Bertz CT molecular complexity index is 1170. The van der Waals surface area contributed by atoms with Crippen molar-refractivity contribution in [3.05, 3.63) is 52.8 Å². The fourth-order valence-electron chi connectivity index (χ4n) is 3.34. The molecule has 4 rings (SSSR count). The summed E-state index contributed by atoms with van der Waals surface area (Å²) < 4.78 is 31.6. The van der Waals surface area contributed by atoms with Crippen LogP contribution in [-0.4, -0.2) is 55.5 Å². The average molecular weight is 420 g/mol. The predicted molar refractivity (Wildman–Crippen MR) is 104 cm³/mol. The summed E-state index contributed by atoms with van der Waals surface area (Å²) in [5.41, 5.74) is 1.47. The number of hydrogen-bond donors (Lipinski definition) is 1. The van der Waals surface area contributed by atoms with E-state index in [1.165, 1.54) is 18.3 Å². The van der Waals surface area contributed by atoms with Gasteiger partial charge in [0, 0.05) is 35.9 Å². The molecule has 7 nitrogen and oxygen atoms in total. The van der Waals surface area contributed by atoms with Crippen molar-refractivity contribution >= 4 is 38.2 Å². The molecule has 0 aliphatic carbocycles. The maximum absolute atomic E-state index is 13.1. The van der Waals surface area contributed by atoms with E-state index in [1.807, 2.05) is 6.92 Å². The number of aromatic nitrogens is 2. The van der Waals surface area contributed by atoms with Gasteiger partial charge in [-0.05, 0) is 30.7 Å². The van der Waals surface area contributed by atoms with E-state index in [1.54, 1.807) is 23.2 Å². The Morgan fingerprint density at radius 1 is 1.29 bits per heavy atom. The fourth-order valence-corrected chi connectivity index (χ4v) is 4.98. The van der Waals surface area contributed by atoms with E-state index in [9.17, 15) is 13.2 Å². The molecule has 1 amide bonds. The molecule has 1 saturated heterocycles. The topological polar surface area (TPSA) is 92.4 Å². The number of fused-ring (bicyclic) bond motifs is 1. The molecule has 1 aliphatic heterocycles. The molecule has 1 aliphatic rings. The van der Waals surface area contributed by atoms with Crippen LogP contribution in [0, 0.1) is 6.92 Å². The summed E-state index contributed by atoms with van der Waals surface area (Å²) in [6.45, 7) is 3.77. The van der Waals surface area contributed by atoms with Crippen LogP contribution in [0.2, 0.25) is 5.02 Å². The summed E-state index contributed by atoms with van der Waals surface area (Å²) in [7, 11) is -3.91. The number of morpholine rings is 1. The summed E-state index contributed by atoms with van der Waals surface area (Å²) in [5, 5.41) is 0.752. The number of sulfone groups is 1. The highest BCUT2D eigenvalue weighted by molar-refractivity contribution is 7.91. The third kappa shape index (κ3) is 3.17. The van der Waals surface area contributed by atoms with Crippen molar-refractivity contribution in [3.63, 3.8) is 0 Å². The first kappa shape index (κ1) is 18.9. The Labute approximate surface area is 167 Å². The van der Waals surface area contributed by atoms with Crippen molar-refractivity contribution in [2.24, 2.45) is 0 Å². The van der Waals surface area contributed by atoms with Gasteiger partial charge in [-0.3, -0.25) is 4.79 Å². The van der Waals surface area contributed by atoms with Gasteiger partial charge in [0.15, 0.2) is 5.03 Å². The lowest BCUT2D eigenvalue weighted by atomic mass is 10.1. The summed E-state index contributed by atoms with van der Waals surface area (Å²) in [6, 6.07) is 6.03. The Kier molecular flexibility index (Phi) is 4.86. The molecule has 9 heteroatoms. The van der Waals surface area contributed by atoms with Crippen molar-refractivity contribution in [2.45, 2.75) is 16.8 Å². The SMILES string of the molecule is Cc1c[nH]c2c(S(=O)(=O)c3cccc(Cl)c3)ncc(C(=O)N3CCOCC3)c12. The third-order valence-corrected chi connectivity index (χ3v) is 6.69. The number of pyridine rings is 1. The normalized spacial score (nSPS) is 15.1. The van der Waals surface area contributed by atoms with Gasteiger partial charge in [-0.25, -0.2) is 13.4 Å². The van der Waals surface area contributed by atoms with Gasteiger partial charge in [-0.1, -0.05) is 17.7 Å². The number of aryl methyl sites for hydroxylation is 1. The number of carbonyl (C=O) groups excluding carboxylic acids is 1. The molecule has 146 valence electrons. The van der Waals surface area contributed by atoms with Gasteiger partial charge in [0.25, 0.3) is 5.91 Å². The molecule has 0 unspecified atom stereocenters. The second kappa shape index (κ2) is 7.20. The molecular formula is C19H18ClN3O4S. The molecule has 0 radical (unpaired) electrons. The number of halogens is 1. The summed E-state index contributed by atoms with van der Waals surface area (Å²) in [6.07, 6.45) is 3.03. The summed E-state index contributed by atoms with van der Waals surface area (Å²) in [4.78, 5) is 21.9. The van der Waals surface area contributed by atoms with E-state index < -0.39 is 9.84 Å². The molecule has 0 spiro atoms. The first-order valence-electron chi connectivity index (χ1n) is 8.74. The van der Waals surface area contributed by atoms with Crippen LogP contribution in [0.4, 0.5) is 0 Å². The Balaban J connectivity index is 1.86. The molecule has 3 aromatic rings. The van der Waals surface area contributed by atoms with Gasteiger partial charge in [-0.2, -0.15) is 0 Å². The summed E-state index contributed by atoms with van der Waals surface area (Å²) in [5.74, 6) is -0.185.